The number of phenols is 1. The van der Waals surface area contributed by atoms with E-state index in [-0.39, 0.29) is 16.6 Å². The van der Waals surface area contributed by atoms with Crippen LogP contribution < -0.4 is 5.73 Å². The zero-order valence-electron chi connectivity index (χ0n) is 12.2. The summed E-state index contributed by atoms with van der Waals surface area (Å²) < 4.78 is 0.767. The van der Waals surface area contributed by atoms with Gasteiger partial charge in [0.05, 0.1) is 4.47 Å². The van der Waals surface area contributed by atoms with E-state index in [1.807, 2.05) is 0 Å². The lowest BCUT2D eigenvalue weighted by atomic mass is 9.78. The molecule has 0 unspecified atom stereocenters. The molecule has 2 nitrogen and oxygen atoms in total. The molecule has 1 aromatic carbocycles. The second-order valence-electron chi connectivity index (χ2n) is 6.82. The van der Waals surface area contributed by atoms with Gasteiger partial charge in [-0.2, -0.15) is 0 Å². The highest BCUT2D eigenvalue weighted by atomic mass is 79.9. The molecule has 0 spiro atoms. The summed E-state index contributed by atoms with van der Waals surface area (Å²) in [6, 6.07) is 2.17. The Kier molecular flexibility index (Phi) is 4.19. The molecule has 18 heavy (non-hydrogen) atoms. The highest BCUT2D eigenvalue weighted by molar-refractivity contribution is 9.10. The predicted octanol–water partition coefficient (Wildman–Crippen LogP) is 4.21. The summed E-state index contributed by atoms with van der Waals surface area (Å²) in [6.45, 7) is 13.2. The zero-order valence-corrected chi connectivity index (χ0v) is 13.8. The highest BCUT2D eigenvalue weighted by Crippen LogP contribution is 2.42. The lowest BCUT2D eigenvalue weighted by Crippen LogP contribution is -2.20. The molecule has 0 fully saturated rings. The Hall–Kier alpha value is -0.540. The van der Waals surface area contributed by atoms with Crippen LogP contribution in [0.1, 0.15) is 58.2 Å². The fourth-order valence-electron chi connectivity index (χ4n) is 2.10. The summed E-state index contributed by atoms with van der Waals surface area (Å²) in [5.74, 6) is 0.287. The van der Waals surface area contributed by atoms with E-state index >= 15 is 0 Å². The number of halogens is 1. The first kappa shape index (κ1) is 15.5. The van der Waals surface area contributed by atoms with Crippen molar-refractivity contribution in [3.05, 3.63) is 27.2 Å². The van der Waals surface area contributed by atoms with Crippen LogP contribution in [0.4, 0.5) is 0 Å². The molecule has 0 saturated heterocycles. The van der Waals surface area contributed by atoms with E-state index in [0.717, 1.165) is 21.2 Å². The first-order valence-corrected chi connectivity index (χ1v) is 7.04. The normalized spacial score (nSPS) is 12.9. The molecule has 0 aliphatic heterocycles. The third-order valence-corrected chi connectivity index (χ3v) is 3.97. The van der Waals surface area contributed by atoms with Crippen LogP contribution in [0.15, 0.2) is 10.5 Å². The standard InChI is InChI=1S/C15H24BrNO/c1-14(2,3)10-7-11(15(4,5)6)12(16)13(18)9(10)8-17/h7,18H,8,17H2,1-6H3. The maximum atomic E-state index is 10.4. The average molecular weight is 314 g/mol. The van der Waals surface area contributed by atoms with Gasteiger partial charge >= 0.3 is 0 Å². The summed E-state index contributed by atoms with van der Waals surface area (Å²) in [7, 11) is 0. The fourth-order valence-corrected chi connectivity index (χ4v) is 3.05. The Labute approximate surface area is 119 Å². The topological polar surface area (TPSA) is 46.2 Å². The largest absolute Gasteiger partial charge is 0.506 e. The number of benzene rings is 1. The zero-order chi connectivity index (χ0) is 14.3. The molecule has 3 heteroatoms. The van der Waals surface area contributed by atoms with Crippen LogP contribution in [0.5, 0.6) is 5.75 Å². The Morgan fingerprint density at radius 2 is 1.50 bits per heavy atom. The summed E-state index contributed by atoms with van der Waals surface area (Å²) in [6.07, 6.45) is 0. The first-order valence-electron chi connectivity index (χ1n) is 6.25. The molecule has 0 aromatic heterocycles. The van der Waals surface area contributed by atoms with E-state index in [1.165, 1.54) is 0 Å². The van der Waals surface area contributed by atoms with Gasteiger partial charge in [0.2, 0.25) is 0 Å². The van der Waals surface area contributed by atoms with Gasteiger partial charge in [0.1, 0.15) is 5.75 Å². The van der Waals surface area contributed by atoms with Crippen molar-refractivity contribution in [2.24, 2.45) is 5.73 Å². The molecule has 102 valence electrons. The van der Waals surface area contributed by atoms with Crippen molar-refractivity contribution in [3.63, 3.8) is 0 Å². The molecule has 0 amide bonds. The number of aromatic hydroxyl groups is 1. The minimum Gasteiger partial charge on any atom is -0.506 e. The van der Waals surface area contributed by atoms with E-state index in [4.69, 9.17) is 5.73 Å². The van der Waals surface area contributed by atoms with E-state index in [0.29, 0.717) is 6.54 Å². The van der Waals surface area contributed by atoms with Crippen LogP contribution in [0.2, 0.25) is 0 Å². The summed E-state index contributed by atoms with van der Waals surface area (Å²) in [5.41, 5.74) is 8.81. The summed E-state index contributed by atoms with van der Waals surface area (Å²) in [4.78, 5) is 0. The third kappa shape index (κ3) is 2.89. The molecule has 0 atom stereocenters. The minimum absolute atomic E-state index is 0.0244. The van der Waals surface area contributed by atoms with Crippen LogP contribution in [-0.2, 0) is 17.4 Å². The van der Waals surface area contributed by atoms with Gasteiger partial charge < -0.3 is 10.8 Å². The molecule has 0 aliphatic carbocycles. The van der Waals surface area contributed by atoms with Gasteiger partial charge in [-0.3, -0.25) is 0 Å². The SMILES string of the molecule is CC(C)(C)c1cc(C(C)(C)C)c(CN)c(O)c1Br. The molecule has 3 N–H and O–H groups in total. The lowest BCUT2D eigenvalue weighted by Gasteiger charge is -2.29. The van der Waals surface area contributed by atoms with Crippen molar-refractivity contribution in [2.45, 2.75) is 58.9 Å². The van der Waals surface area contributed by atoms with Crippen LogP contribution in [0, 0.1) is 0 Å². The Bertz CT molecular complexity index is 453. The molecule has 0 bridgehead atoms. The third-order valence-electron chi connectivity index (χ3n) is 3.16. The smallest absolute Gasteiger partial charge is 0.134 e. The second kappa shape index (κ2) is 4.86. The molecule has 0 saturated carbocycles. The van der Waals surface area contributed by atoms with Gasteiger partial charge in [-0.15, -0.1) is 0 Å². The Morgan fingerprint density at radius 1 is 1.06 bits per heavy atom. The fraction of sp³-hybridized carbons (Fsp3) is 0.600. The van der Waals surface area contributed by atoms with Crippen molar-refractivity contribution in [1.82, 2.24) is 0 Å². The second-order valence-corrected chi connectivity index (χ2v) is 7.61. The molecule has 0 radical (unpaired) electrons. The summed E-state index contributed by atoms with van der Waals surface area (Å²) >= 11 is 3.50. The van der Waals surface area contributed by atoms with E-state index in [1.54, 1.807) is 0 Å². The van der Waals surface area contributed by atoms with Crippen molar-refractivity contribution in [2.75, 3.05) is 0 Å². The van der Waals surface area contributed by atoms with Crippen LogP contribution in [0.3, 0.4) is 0 Å². The minimum atomic E-state index is -0.0348. The quantitative estimate of drug-likeness (QED) is 0.816. The van der Waals surface area contributed by atoms with Crippen LogP contribution >= 0.6 is 15.9 Å². The van der Waals surface area contributed by atoms with Gasteiger partial charge in [-0.1, -0.05) is 47.6 Å². The monoisotopic (exact) mass is 313 g/mol. The van der Waals surface area contributed by atoms with Crippen molar-refractivity contribution in [3.8, 4) is 5.75 Å². The van der Waals surface area contributed by atoms with E-state index in [9.17, 15) is 5.11 Å². The molecular formula is C15H24BrNO. The maximum Gasteiger partial charge on any atom is 0.134 e. The van der Waals surface area contributed by atoms with Crippen molar-refractivity contribution in [1.29, 1.82) is 0 Å². The van der Waals surface area contributed by atoms with Crippen LogP contribution in [-0.4, -0.2) is 5.11 Å². The molecular weight excluding hydrogens is 290 g/mol. The molecule has 1 rings (SSSR count). The number of hydrogen-bond acceptors (Lipinski definition) is 2. The number of phenolic OH excluding ortho intramolecular Hbond substituents is 1. The van der Waals surface area contributed by atoms with Crippen molar-refractivity contribution < 1.29 is 5.11 Å². The highest BCUT2D eigenvalue weighted by Gasteiger charge is 2.27. The van der Waals surface area contributed by atoms with Gasteiger partial charge in [-0.25, -0.2) is 0 Å². The summed E-state index contributed by atoms with van der Waals surface area (Å²) in [5, 5.41) is 10.4. The Morgan fingerprint density at radius 3 is 1.83 bits per heavy atom. The molecule has 0 aliphatic rings. The number of nitrogens with two attached hydrogens (primary N) is 1. The van der Waals surface area contributed by atoms with Crippen LogP contribution in [0.25, 0.3) is 0 Å². The molecule has 1 aromatic rings. The van der Waals surface area contributed by atoms with E-state index < -0.39 is 0 Å². The van der Waals surface area contributed by atoms with Crippen molar-refractivity contribution >= 4 is 15.9 Å². The van der Waals surface area contributed by atoms with Gasteiger partial charge in [-0.05, 0) is 37.9 Å². The van der Waals surface area contributed by atoms with Gasteiger partial charge in [0.25, 0.3) is 0 Å². The predicted molar refractivity (Wildman–Crippen MR) is 81.1 cm³/mol. The average Bonchev–Trinajstić information content (AvgIpc) is 2.17. The molecule has 0 heterocycles. The number of hydrogen-bond donors (Lipinski definition) is 2. The Balaban J connectivity index is 3.68. The van der Waals surface area contributed by atoms with Gasteiger partial charge in [0.15, 0.2) is 0 Å². The van der Waals surface area contributed by atoms with Gasteiger partial charge in [0, 0.05) is 12.1 Å². The first-order chi connectivity index (χ1) is 8.00. The lowest BCUT2D eigenvalue weighted by molar-refractivity contribution is 0.452. The van der Waals surface area contributed by atoms with E-state index in [2.05, 4.69) is 63.5 Å². The number of rotatable bonds is 1. The maximum absolute atomic E-state index is 10.4.